The second-order valence-electron chi connectivity index (χ2n) is 8.20. The van der Waals surface area contributed by atoms with Gasteiger partial charge < -0.3 is 19.7 Å². The lowest BCUT2D eigenvalue weighted by atomic mass is 9.82. The highest BCUT2D eigenvalue weighted by atomic mass is 19.3. The molecule has 2 bridgehead atoms. The van der Waals surface area contributed by atoms with Crippen LogP contribution in [-0.4, -0.2) is 61.1 Å². The molecule has 2 aliphatic heterocycles. The number of rotatable bonds is 5. The van der Waals surface area contributed by atoms with Crippen molar-refractivity contribution in [3.05, 3.63) is 55.4 Å². The predicted molar refractivity (Wildman–Crippen MR) is 112 cm³/mol. The zero-order chi connectivity index (χ0) is 22.5. The monoisotopic (exact) mass is 440 g/mol. The quantitative estimate of drug-likeness (QED) is 0.630. The van der Waals surface area contributed by atoms with Crippen molar-refractivity contribution in [2.75, 3.05) is 7.11 Å². The zero-order valence-corrected chi connectivity index (χ0v) is 17.3. The van der Waals surface area contributed by atoms with E-state index in [0.29, 0.717) is 16.8 Å². The van der Waals surface area contributed by atoms with Gasteiger partial charge in [0.05, 0.1) is 35.9 Å². The van der Waals surface area contributed by atoms with Crippen molar-refractivity contribution in [3.63, 3.8) is 0 Å². The van der Waals surface area contributed by atoms with Gasteiger partial charge in [0.1, 0.15) is 11.4 Å². The van der Waals surface area contributed by atoms with Crippen LogP contribution in [0.4, 0.5) is 8.78 Å². The van der Waals surface area contributed by atoms with E-state index < -0.39 is 24.1 Å². The van der Waals surface area contributed by atoms with Crippen LogP contribution in [-0.2, 0) is 4.74 Å². The lowest BCUT2D eigenvalue weighted by Crippen LogP contribution is -2.51. The Morgan fingerprint density at radius 3 is 2.84 bits per heavy atom. The van der Waals surface area contributed by atoms with Crippen LogP contribution in [0.3, 0.4) is 0 Å². The van der Waals surface area contributed by atoms with E-state index in [1.54, 1.807) is 41.5 Å². The third kappa shape index (κ3) is 3.45. The number of phenols is 1. The lowest BCUT2D eigenvalue weighted by Gasteiger charge is -2.37. The van der Waals surface area contributed by atoms with Crippen LogP contribution in [0.2, 0.25) is 0 Å². The van der Waals surface area contributed by atoms with Gasteiger partial charge in [-0.1, -0.05) is 6.58 Å². The molecule has 4 atom stereocenters. The number of nitrogens with zero attached hydrogens (tertiary/aromatic N) is 5. The van der Waals surface area contributed by atoms with E-state index >= 15 is 0 Å². The number of hydrogen-bond acceptors (Lipinski definition) is 7. The minimum Gasteiger partial charge on any atom is -0.507 e. The van der Waals surface area contributed by atoms with Crippen molar-refractivity contribution < 1.29 is 18.6 Å². The molecule has 166 valence electrons. The summed E-state index contributed by atoms with van der Waals surface area (Å²) in [6.07, 6.45) is 6.05. The molecule has 10 heteroatoms. The summed E-state index contributed by atoms with van der Waals surface area (Å²) in [7, 11) is 1.52. The first kappa shape index (κ1) is 20.7. The molecule has 1 aromatic carbocycles. The first-order valence-corrected chi connectivity index (χ1v) is 10.2. The van der Waals surface area contributed by atoms with Crippen molar-refractivity contribution >= 4 is 5.57 Å². The number of phenolic OH excluding ortho intramolecular Hbond substituents is 1. The fraction of sp³-hybridized carbons (Fsp3) is 0.364. The van der Waals surface area contributed by atoms with Crippen molar-refractivity contribution in [3.8, 4) is 22.8 Å². The molecule has 3 aromatic rings. The number of benzene rings is 1. The van der Waals surface area contributed by atoms with E-state index in [0.717, 1.165) is 5.69 Å². The summed E-state index contributed by atoms with van der Waals surface area (Å²) in [5.41, 5.74) is 2.15. The number of fused-ring (bicyclic) bond motifs is 2. The number of piperidine rings is 1. The Labute approximate surface area is 183 Å². The molecular weight excluding hydrogens is 418 g/mol. The molecule has 0 aliphatic carbocycles. The average molecular weight is 440 g/mol. The van der Waals surface area contributed by atoms with E-state index in [4.69, 9.17) is 4.74 Å². The molecule has 2 saturated heterocycles. The Kier molecular flexibility index (Phi) is 4.98. The van der Waals surface area contributed by atoms with Gasteiger partial charge in [0.15, 0.2) is 5.82 Å². The fourth-order valence-corrected chi connectivity index (χ4v) is 4.68. The SMILES string of the molecule is C=C(c1cnc(-c2ccc(-n3ccnc3)cc2O)nn1)[C@H]1C[C@H]2N[C@H](CC2(F)F)[C@@H]1OC. The van der Waals surface area contributed by atoms with Crippen LogP contribution in [0.25, 0.3) is 22.6 Å². The molecule has 0 saturated carbocycles. The highest BCUT2D eigenvalue weighted by Gasteiger charge is 2.57. The van der Waals surface area contributed by atoms with Crippen molar-refractivity contribution in [1.29, 1.82) is 0 Å². The Morgan fingerprint density at radius 2 is 2.19 bits per heavy atom. The number of nitrogens with one attached hydrogen (secondary N) is 1. The van der Waals surface area contributed by atoms with Gasteiger partial charge in [0.2, 0.25) is 0 Å². The highest BCUT2D eigenvalue weighted by Crippen LogP contribution is 2.45. The summed E-state index contributed by atoms with van der Waals surface area (Å²) < 4.78 is 35.8. The van der Waals surface area contributed by atoms with E-state index in [9.17, 15) is 13.9 Å². The van der Waals surface area contributed by atoms with Crippen LogP contribution in [0.5, 0.6) is 5.75 Å². The minimum atomic E-state index is -2.77. The number of imidazole rings is 1. The largest absolute Gasteiger partial charge is 0.507 e. The van der Waals surface area contributed by atoms with Gasteiger partial charge >= 0.3 is 0 Å². The van der Waals surface area contributed by atoms with Crippen LogP contribution < -0.4 is 5.32 Å². The molecule has 2 aliphatic rings. The predicted octanol–water partition coefficient (Wildman–Crippen LogP) is 2.84. The maximum atomic E-state index is 14.2. The van der Waals surface area contributed by atoms with Crippen LogP contribution >= 0.6 is 0 Å². The Morgan fingerprint density at radius 1 is 1.34 bits per heavy atom. The normalized spacial score (nSPS) is 26.2. The number of aromatic nitrogens is 5. The number of aromatic hydroxyl groups is 1. The third-order valence-electron chi connectivity index (χ3n) is 6.34. The lowest BCUT2D eigenvalue weighted by molar-refractivity contribution is -0.0153. The average Bonchev–Trinajstić information content (AvgIpc) is 3.40. The van der Waals surface area contributed by atoms with Crippen molar-refractivity contribution in [2.45, 2.75) is 37.0 Å². The Bertz CT molecular complexity index is 1140. The van der Waals surface area contributed by atoms with E-state index in [-0.39, 0.29) is 30.3 Å². The Balaban J connectivity index is 1.37. The first-order chi connectivity index (χ1) is 15.4. The molecular formula is C22H22F2N6O2. The second kappa shape index (κ2) is 7.72. The molecule has 0 radical (unpaired) electrons. The van der Waals surface area contributed by atoms with Crippen molar-refractivity contribution in [1.82, 2.24) is 30.0 Å². The minimum absolute atomic E-state index is 0.00110. The van der Waals surface area contributed by atoms with Crippen LogP contribution in [0.15, 0.2) is 49.7 Å². The molecule has 2 fully saturated rings. The van der Waals surface area contributed by atoms with Crippen molar-refractivity contribution in [2.24, 2.45) is 5.92 Å². The van der Waals surface area contributed by atoms with Gasteiger partial charge in [-0.05, 0) is 24.1 Å². The van der Waals surface area contributed by atoms with Gasteiger partial charge in [0, 0.05) is 44.0 Å². The number of ether oxygens (including phenoxy) is 1. The van der Waals surface area contributed by atoms with Gasteiger partial charge in [-0.2, -0.15) is 0 Å². The standard InChI is InChI=1S/C22H22F2N6O2/c1-12(15-8-19-22(23,24)9-16(27-19)20(15)32-2)17-10-26-21(29-28-17)14-4-3-13(7-18(14)31)30-6-5-25-11-30/h3-7,10-11,15-16,19-20,27,31H,1,8-9H2,2H3/t15-,16-,19-,20-/m1/s1. The van der Waals surface area contributed by atoms with Crippen LogP contribution in [0.1, 0.15) is 18.5 Å². The molecule has 32 heavy (non-hydrogen) atoms. The molecule has 0 spiro atoms. The number of hydrogen-bond donors (Lipinski definition) is 2. The van der Waals surface area contributed by atoms with Gasteiger partial charge in [0.25, 0.3) is 5.92 Å². The summed E-state index contributed by atoms with van der Waals surface area (Å²) >= 11 is 0. The number of halogens is 2. The second-order valence-corrected chi connectivity index (χ2v) is 8.20. The third-order valence-corrected chi connectivity index (χ3v) is 6.34. The smallest absolute Gasteiger partial charge is 0.264 e. The maximum absolute atomic E-state index is 14.2. The topological polar surface area (TPSA) is 98.0 Å². The molecule has 0 amide bonds. The maximum Gasteiger partial charge on any atom is 0.264 e. The molecule has 2 aromatic heterocycles. The number of methoxy groups -OCH3 is 1. The van der Waals surface area contributed by atoms with Gasteiger partial charge in [-0.3, -0.25) is 0 Å². The van der Waals surface area contributed by atoms with Gasteiger partial charge in [-0.25, -0.2) is 18.7 Å². The first-order valence-electron chi connectivity index (χ1n) is 10.2. The molecule has 4 heterocycles. The Hall–Kier alpha value is -3.24. The van der Waals surface area contributed by atoms with Crippen LogP contribution in [0, 0.1) is 5.92 Å². The molecule has 0 unspecified atom stereocenters. The number of alkyl halides is 2. The summed E-state index contributed by atoms with van der Waals surface area (Å²) in [5, 5.41) is 21.8. The van der Waals surface area contributed by atoms with E-state index in [2.05, 4.69) is 32.1 Å². The van der Waals surface area contributed by atoms with E-state index in [1.807, 2.05) is 0 Å². The molecule has 5 rings (SSSR count). The summed E-state index contributed by atoms with van der Waals surface area (Å²) in [6.45, 7) is 4.10. The molecule has 8 nitrogen and oxygen atoms in total. The fourth-order valence-electron chi connectivity index (χ4n) is 4.68. The summed E-state index contributed by atoms with van der Waals surface area (Å²) in [6, 6.07) is 3.74. The molecule has 2 N–H and O–H groups in total. The highest BCUT2D eigenvalue weighted by molar-refractivity contribution is 5.67. The zero-order valence-electron chi connectivity index (χ0n) is 17.3. The summed E-state index contributed by atoms with van der Waals surface area (Å²) in [4.78, 5) is 8.32. The van der Waals surface area contributed by atoms with Gasteiger partial charge in [-0.15, -0.1) is 10.2 Å². The van der Waals surface area contributed by atoms with E-state index in [1.165, 1.54) is 13.3 Å². The summed E-state index contributed by atoms with van der Waals surface area (Å²) in [5.74, 6) is -2.85.